The molecule has 115 valence electrons. The van der Waals surface area contributed by atoms with Gasteiger partial charge in [-0.3, -0.25) is 0 Å². The summed E-state index contributed by atoms with van der Waals surface area (Å²) >= 11 is 0. The first kappa shape index (κ1) is 15.3. The van der Waals surface area contributed by atoms with Crippen LogP contribution in [0.2, 0.25) is 13.1 Å². The molecule has 3 nitrogen and oxygen atoms in total. The van der Waals surface area contributed by atoms with Crippen LogP contribution in [-0.4, -0.2) is 14.8 Å². The van der Waals surface area contributed by atoms with Crippen molar-refractivity contribution in [3.63, 3.8) is 0 Å². The molecule has 2 aromatic carbocycles. The minimum Gasteiger partial charge on any atom is -0.541 e. The van der Waals surface area contributed by atoms with Gasteiger partial charge in [-0.15, -0.1) is 0 Å². The average molecular weight is 320 g/mol. The van der Waals surface area contributed by atoms with Crippen molar-refractivity contribution in [2.45, 2.75) is 13.1 Å². The number of hydrogen-bond acceptors (Lipinski definition) is 3. The molecular weight excluding hydrogens is 302 g/mol. The van der Waals surface area contributed by atoms with Crippen LogP contribution >= 0.6 is 0 Å². The first-order valence-corrected chi connectivity index (χ1v) is 9.88. The van der Waals surface area contributed by atoms with Gasteiger partial charge >= 0.3 is 0 Å². The Balaban J connectivity index is 2.09. The monoisotopic (exact) mass is 320 g/mol. The lowest BCUT2D eigenvalue weighted by molar-refractivity contribution is 0.567. The Morgan fingerprint density at radius 3 is 2.35 bits per heavy atom. The lowest BCUT2D eigenvalue weighted by Gasteiger charge is -2.12. The van der Waals surface area contributed by atoms with Gasteiger partial charge in [-0.05, 0) is 31.3 Å². The minimum atomic E-state index is -0.849. The van der Waals surface area contributed by atoms with Gasteiger partial charge in [-0.1, -0.05) is 42.5 Å². The smallest absolute Gasteiger partial charge is 0.274 e. The molecule has 0 amide bonds. The van der Waals surface area contributed by atoms with Gasteiger partial charge in [0.1, 0.15) is 11.4 Å². The zero-order chi connectivity index (χ0) is 16.1. The van der Waals surface area contributed by atoms with Crippen molar-refractivity contribution >= 4 is 20.4 Å². The summed E-state index contributed by atoms with van der Waals surface area (Å²) in [4.78, 5) is 4.87. The fourth-order valence-electron chi connectivity index (χ4n) is 2.27. The molecule has 23 heavy (non-hydrogen) atoms. The first-order chi connectivity index (χ1) is 11.2. The predicted octanol–water partition coefficient (Wildman–Crippen LogP) is 5.08. The van der Waals surface area contributed by atoms with Crippen LogP contribution in [0.25, 0.3) is 0 Å². The number of aliphatic imine (C=N–C) groups is 1. The van der Waals surface area contributed by atoms with Crippen molar-refractivity contribution in [1.29, 1.82) is 0 Å². The van der Waals surface area contributed by atoms with E-state index < -0.39 is 9.04 Å². The van der Waals surface area contributed by atoms with E-state index in [1.807, 2.05) is 60.7 Å². The number of para-hydroxylation sites is 2. The summed E-state index contributed by atoms with van der Waals surface area (Å²) in [5.41, 5.74) is 3.70. The molecule has 0 saturated heterocycles. The van der Waals surface area contributed by atoms with Gasteiger partial charge in [0.15, 0.2) is 0 Å². The third-order valence-corrected chi connectivity index (χ3v) is 3.88. The third-order valence-electron chi connectivity index (χ3n) is 3.25. The van der Waals surface area contributed by atoms with Crippen LogP contribution < -0.4 is 4.43 Å². The van der Waals surface area contributed by atoms with E-state index in [1.54, 1.807) is 12.5 Å². The zero-order valence-corrected chi connectivity index (χ0v) is 14.2. The molecule has 0 spiro atoms. The van der Waals surface area contributed by atoms with Crippen LogP contribution in [-0.2, 0) is 0 Å². The van der Waals surface area contributed by atoms with Gasteiger partial charge in [0.25, 0.3) is 9.04 Å². The second-order valence-electron chi connectivity index (χ2n) is 5.32. The molecule has 0 aliphatic carbocycles. The SMILES string of the molecule is C[Si](C)Oc1ccccc1N=C(c1ccccc1)c1ccoc1. The Hall–Kier alpha value is -2.59. The second kappa shape index (κ2) is 7.11. The molecule has 0 aliphatic rings. The van der Waals surface area contributed by atoms with Gasteiger partial charge in [0.2, 0.25) is 0 Å². The summed E-state index contributed by atoms with van der Waals surface area (Å²) in [6.45, 7) is 4.22. The lowest BCUT2D eigenvalue weighted by atomic mass is 10.0. The molecule has 0 aliphatic heterocycles. The van der Waals surface area contributed by atoms with Crippen LogP contribution in [0.4, 0.5) is 5.69 Å². The normalized spacial score (nSPS) is 11.7. The molecular formula is C19H18NO2Si. The summed E-state index contributed by atoms with van der Waals surface area (Å²) in [5, 5.41) is 0. The van der Waals surface area contributed by atoms with Gasteiger partial charge in [0.05, 0.1) is 18.2 Å². The number of benzene rings is 2. The highest BCUT2D eigenvalue weighted by atomic mass is 28.3. The second-order valence-corrected chi connectivity index (χ2v) is 7.34. The highest BCUT2D eigenvalue weighted by Crippen LogP contribution is 2.29. The number of furan rings is 1. The number of rotatable bonds is 5. The van der Waals surface area contributed by atoms with Gasteiger partial charge in [0, 0.05) is 11.1 Å². The molecule has 0 saturated carbocycles. The van der Waals surface area contributed by atoms with Gasteiger partial charge in [-0.25, -0.2) is 4.99 Å². The minimum absolute atomic E-state index is 0.823. The van der Waals surface area contributed by atoms with E-state index >= 15 is 0 Å². The standard InChI is InChI=1S/C19H18NO2Si/c1-23(2)22-18-11-7-6-10-17(18)20-19(16-12-13-21-14-16)15-8-4-3-5-9-15/h3-14H,1-2H3. The van der Waals surface area contributed by atoms with E-state index in [4.69, 9.17) is 13.8 Å². The highest BCUT2D eigenvalue weighted by Gasteiger charge is 2.11. The summed E-state index contributed by atoms with van der Waals surface area (Å²) in [6, 6.07) is 19.9. The van der Waals surface area contributed by atoms with Crippen LogP contribution in [0.1, 0.15) is 11.1 Å². The van der Waals surface area contributed by atoms with Gasteiger partial charge in [-0.2, -0.15) is 0 Å². The van der Waals surface area contributed by atoms with E-state index in [1.165, 1.54) is 0 Å². The molecule has 1 aromatic heterocycles. The van der Waals surface area contributed by atoms with Crippen molar-refractivity contribution in [2.24, 2.45) is 4.99 Å². The molecule has 4 heteroatoms. The molecule has 0 atom stereocenters. The maximum atomic E-state index is 5.97. The van der Waals surface area contributed by atoms with Crippen molar-refractivity contribution in [3.8, 4) is 5.75 Å². The third kappa shape index (κ3) is 3.79. The molecule has 3 aromatic rings. The summed E-state index contributed by atoms with van der Waals surface area (Å²) in [7, 11) is -0.849. The molecule has 0 fully saturated rings. The van der Waals surface area contributed by atoms with Crippen LogP contribution in [0, 0.1) is 0 Å². The Kier molecular flexibility index (Phi) is 4.73. The lowest BCUT2D eigenvalue weighted by Crippen LogP contribution is -2.11. The fraction of sp³-hybridized carbons (Fsp3) is 0.105. The molecule has 0 unspecified atom stereocenters. The van der Waals surface area contributed by atoms with Crippen LogP contribution in [0.15, 0.2) is 82.6 Å². The summed E-state index contributed by atoms with van der Waals surface area (Å²) < 4.78 is 11.2. The predicted molar refractivity (Wildman–Crippen MR) is 95.0 cm³/mol. The highest BCUT2D eigenvalue weighted by molar-refractivity contribution is 6.49. The van der Waals surface area contributed by atoms with E-state index in [0.29, 0.717) is 0 Å². The topological polar surface area (TPSA) is 34.7 Å². The van der Waals surface area contributed by atoms with Crippen molar-refractivity contribution in [3.05, 3.63) is 84.3 Å². The Labute approximate surface area is 138 Å². The molecule has 3 rings (SSSR count). The molecule has 0 bridgehead atoms. The maximum absolute atomic E-state index is 5.97. The molecule has 0 N–H and O–H groups in total. The molecule has 1 heterocycles. The molecule has 1 radical (unpaired) electrons. The quantitative estimate of drug-likeness (QED) is 0.485. The number of nitrogens with zero attached hydrogens (tertiary/aromatic N) is 1. The fourth-order valence-corrected chi connectivity index (χ4v) is 2.88. The van der Waals surface area contributed by atoms with Crippen LogP contribution in [0.5, 0.6) is 5.75 Å². The van der Waals surface area contributed by atoms with E-state index in [-0.39, 0.29) is 0 Å². The first-order valence-electron chi connectivity index (χ1n) is 7.48. The van der Waals surface area contributed by atoms with Crippen LogP contribution in [0.3, 0.4) is 0 Å². The van der Waals surface area contributed by atoms with E-state index in [9.17, 15) is 0 Å². The average Bonchev–Trinajstić information content (AvgIpc) is 3.08. The maximum Gasteiger partial charge on any atom is 0.274 e. The largest absolute Gasteiger partial charge is 0.541 e. The Morgan fingerprint density at radius 1 is 0.913 bits per heavy atom. The van der Waals surface area contributed by atoms with Gasteiger partial charge < -0.3 is 8.84 Å². The number of hydrogen-bond donors (Lipinski definition) is 0. The summed E-state index contributed by atoms with van der Waals surface area (Å²) in [6.07, 6.45) is 3.37. The van der Waals surface area contributed by atoms with Crippen molar-refractivity contribution in [1.82, 2.24) is 0 Å². The van der Waals surface area contributed by atoms with Crippen molar-refractivity contribution in [2.75, 3.05) is 0 Å². The Bertz CT molecular complexity index is 780. The Morgan fingerprint density at radius 2 is 1.65 bits per heavy atom. The zero-order valence-electron chi connectivity index (χ0n) is 13.2. The van der Waals surface area contributed by atoms with Crippen molar-refractivity contribution < 1.29 is 8.84 Å². The van der Waals surface area contributed by atoms with E-state index in [0.717, 1.165) is 28.3 Å². The summed E-state index contributed by atoms with van der Waals surface area (Å²) in [5.74, 6) is 0.823. The van der Waals surface area contributed by atoms with E-state index in [2.05, 4.69) is 13.1 Å².